The quantitative estimate of drug-likeness (QED) is 0.462. The summed E-state index contributed by atoms with van der Waals surface area (Å²) in [5.41, 5.74) is 0.749. The van der Waals surface area contributed by atoms with E-state index in [4.69, 9.17) is 0 Å². The van der Waals surface area contributed by atoms with Crippen LogP contribution >= 0.6 is 23.1 Å². The lowest BCUT2D eigenvalue weighted by Crippen LogP contribution is -2.47. The molecule has 1 fully saturated rings. The minimum atomic E-state index is -2.86. The van der Waals surface area contributed by atoms with Gasteiger partial charge in [-0.2, -0.15) is 0 Å². The first kappa shape index (κ1) is 21.2. The molecule has 0 spiro atoms. The minimum absolute atomic E-state index is 0.208. The zero-order chi connectivity index (χ0) is 22.3. The van der Waals surface area contributed by atoms with Crippen LogP contribution in [0.5, 0.6) is 0 Å². The van der Waals surface area contributed by atoms with Gasteiger partial charge >= 0.3 is 0 Å². The highest BCUT2D eigenvalue weighted by molar-refractivity contribution is 7.99. The molecular formula is C21H20F2N6OS2. The Labute approximate surface area is 190 Å². The molecule has 0 radical (unpaired) electrons. The lowest BCUT2D eigenvalue weighted by molar-refractivity contribution is -0.130. The SMILES string of the molecule is CN1CCC(CC(=O)Nc2nc3ccc(Sc4cnc5ncccn45)cc3s2)C(F)(F)C1. The maximum Gasteiger partial charge on any atom is 0.263 e. The molecule has 0 bridgehead atoms. The van der Waals surface area contributed by atoms with Crippen LogP contribution in [0.2, 0.25) is 0 Å². The molecule has 0 aliphatic carbocycles. The lowest BCUT2D eigenvalue weighted by Gasteiger charge is -2.36. The van der Waals surface area contributed by atoms with E-state index >= 15 is 0 Å². The van der Waals surface area contributed by atoms with Crippen LogP contribution in [0.1, 0.15) is 12.8 Å². The summed E-state index contributed by atoms with van der Waals surface area (Å²) in [6.07, 6.45) is 5.47. The highest BCUT2D eigenvalue weighted by atomic mass is 32.2. The monoisotopic (exact) mass is 474 g/mol. The number of anilines is 1. The van der Waals surface area contributed by atoms with Gasteiger partial charge in [0, 0.05) is 29.6 Å². The van der Waals surface area contributed by atoms with E-state index in [0.717, 1.165) is 20.1 Å². The molecule has 32 heavy (non-hydrogen) atoms. The van der Waals surface area contributed by atoms with Crippen molar-refractivity contribution in [3.8, 4) is 0 Å². The summed E-state index contributed by atoms with van der Waals surface area (Å²) in [7, 11) is 1.67. The van der Waals surface area contributed by atoms with E-state index in [1.54, 1.807) is 36.1 Å². The van der Waals surface area contributed by atoms with Crippen molar-refractivity contribution in [1.82, 2.24) is 24.3 Å². The first-order valence-electron chi connectivity index (χ1n) is 10.1. The molecule has 166 valence electrons. The van der Waals surface area contributed by atoms with Gasteiger partial charge in [-0.3, -0.25) is 9.20 Å². The zero-order valence-corrected chi connectivity index (χ0v) is 18.8. The molecule has 1 aliphatic rings. The summed E-state index contributed by atoms with van der Waals surface area (Å²) < 4.78 is 31.3. The zero-order valence-electron chi connectivity index (χ0n) is 17.2. The number of nitrogens with one attached hydrogen (secondary N) is 1. The summed E-state index contributed by atoms with van der Waals surface area (Å²) in [5.74, 6) is -3.60. The molecule has 1 saturated heterocycles. The number of fused-ring (bicyclic) bond motifs is 2. The minimum Gasteiger partial charge on any atom is -0.302 e. The predicted molar refractivity (Wildman–Crippen MR) is 121 cm³/mol. The standard InChI is InChI=1S/C21H20F2N6OS2/c1-28-8-5-13(21(22,23)12-28)9-17(30)27-20-26-15-4-3-14(10-16(15)32-20)31-18-11-25-19-24-6-2-7-29(18)19/h2-4,6-7,10-11,13H,5,8-9,12H2,1H3,(H,26,27,30). The number of likely N-dealkylation sites (tertiary alicyclic amines) is 1. The second kappa shape index (κ2) is 8.38. The van der Waals surface area contributed by atoms with E-state index in [1.165, 1.54) is 11.3 Å². The maximum absolute atomic E-state index is 14.2. The van der Waals surface area contributed by atoms with Gasteiger partial charge in [0.2, 0.25) is 11.7 Å². The average Bonchev–Trinajstić information content (AvgIpc) is 3.33. The third-order valence-corrected chi connectivity index (χ3v) is 7.39. The van der Waals surface area contributed by atoms with Gasteiger partial charge in [-0.1, -0.05) is 23.1 Å². The number of alkyl halides is 2. The molecule has 1 N–H and O–H groups in total. The number of imidazole rings is 1. The van der Waals surface area contributed by atoms with E-state index in [-0.39, 0.29) is 13.0 Å². The van der Waals surface area contributed by atoms with Gasteiger partial charge in [-0.25, -0.2) is 23.7 Å². The van der Waals surface area contributed by atoms with Crippen LogP contribution in [-0.2, 0) is 4.79 Å². The third kappa shape index (κ3) is 4.32. The number of aromatic nitrogens is 4. The van der Waals surface area contributed by atoms with E-state index < -0.39 is 17.7 Å². The maximum atomic E-state index is 14.2. The van der Waals surface area contributed by atoms with Gasteiger partial charge in [-0.15, -0.1) is 0 Å². The van der Waals surface area contributed by atoms with E-state index in [9.17, 15) is 13.6 Å². The molecule has 4 heterocycles. The van der Waals surface area contributed by atoms with Crippen LogP contribution in [0.15, 0.2) is 52.8 Å². The number of carbonyl (C=O) groups excluding carboxylic acids is 1. The Balaban J connectivity index is 1.28. The smallest absolute Gasteiger partial charge is 0.263 e. The van der Waals surface area contributed by atoms with E-state index in [1.807, 2.05) is 34.9 Å². The number of rotatable bonds is 5. The molecule has 5 rings (SSSR count). The van der Waals surface area contributed by atoms with Crippen LogP contribution in [0, 0.1) is 5.92 Å². The molecule has 1 unspecified atom stereocenters. The summed E-state index contributed by atoms with van der Waals surface area (Å²) in [4.78, 5) is 28.0. The number of nitrogens with zero attached hydrogens (tertiary/aromatic N) is 5. The van der Waals surface area contributed by atoms with Gasteiger partial charge in [0.1, 0.15) is 5.03 Å². The van der Waals surface area contributed by atoms with Crippen molar-refractivity contribution in [2.45, 2.75) is 28.7 Å². The Morgan fingerprint density at radius 1 is 1.38 bits per heavy atom. The number of benzene rings is 1. The second-order valence-electron chi connectivity index (χ2n) is 7.87. The Morgan fingerprint density at radius 2 is 2.25 bits per heavy atom. The number of halogens is 2. The molecular weight excluding hydrogens is 454 g/mol. The molecule has 1 amide bonds. The van der Waals surface area contributed by atoms with Crippen LogP contribution in [0.4, 0.5) is 13.9 Å². The summed E-state index contributed by atoms with van der Waals surface area (Å²) in [5, 5.41) is 4.06. The van der Waals surface area contributed by atoms with Crippen molar-refractivity contribution in [3.05, 3.63) is 42.9 Å². The van der Waals surface area contributed by atoms with Crippen LogP contribution in [0.3, 0.4) is 0 Å². The Hall–Kier alpha value is -2.63. The van der Waals surface area contributed by atoms with Gasteiger partial charge in [0.15, 0.2) is 5.13 Å². The molecule has 1 aliphatic heterocycles. The van der Waals surface area contributed by atoms with Gasteiger partial charge < -0.3 is 10.2 Å². The van der Waals surface area contributed by atoms with Crippen molar-refractivity contribution in [1.29, 1.82) is 0 Å². The fourth-order valence-electron chi connectivity index (χ4n) is 3.82. The number of carbonyl (C=O) groups is 1. The summed E-state index contributed by atoms with van der Waals surface area (Å²) >= 11 is 2.88. The van der Waals surface area contributed by atoms with Crippen LogP contribution < -0.4 is 5.32 Å². The highest BCUT2D eigenvalue weighted by Gasteiger charge is 2.44. The first-order valence-corrected chi connectivity index (χ1v) is 11.7. The summed E-state index contributed by atoms with van der Waals surface area (Å²) in [6.45, 7) is 0.257. The normalized spacial score (nSPS) is 18.9. The molecule has 7 nitrogen and oxygen atoms in total. The fourth-order valence-corrected chi connectivity index (χ4v) is 5.72. The number of amides is 1. The topological polar surface area (TPSA) is 75.4 Å². The van der Waals surface area contributed by atoms with Crippen LogP contribution in [0.25, 0.3) is 16.0 Å². The number of piperidine rings is 1. The van der Waals surface area contributed by atoms with Gasteiger partial charge in [0.25, 0.3) is 5.92 Å². The van der Waals surface area contributed by atoms with Gasteiger partial charge in [-0.05, 0) is 44.3 Å². The largest absolute Gasteiger partial charge is 0.302 e. The Morgan fingerprint density at radius 3 is 3.09 bits per heavy atom. The van der Waals surface area contributed by atoms with Gasteiger partial charge in [0.05, 0.1) is 23.0 Å². The van der Waals surface area contributed by atoms with Crippen molar-refractivity contribution < 1.29 is 13.6 Å². The predicted octanol–water partition coefficient (Wildman–Crippen LogP) is 4.41. The molecule has 3 aromatic heterocycles. The van der Waals surface area contributed by atoms with Crippen LogP contribution in [-0.4, -0.2) is 56.2 Å². The summed E-state index contributed by atoms with van der Waals surface area (Å²) in [6, 6.07) is 7.68. The Kier molecular flexibility index (Phi) is 5.56. The van der Waals surface area contributed by atoms with Crippen molar-refractivity contribution in [2.24, 2.45) is 5.92 Å². The van der Waals surface area contributed by atoms with E-state index in [0.29, 0.717) is 23.9 Å². The van der Waals surface area contributed by atoms with E-state index in [2.05, 4.69) is 20.3 Å². The van der Waals surface area contributed by atoms with Crippen molar-refractivity contribution in [3.63, 3.8) is 0 Å². The number of hydrogen-bond acceptors (Lipinski definition) is 7. The molecule has 1 aromatic carbocycles. The molecule has 1 atom stereocenters. The Bertz CT molecular complexity index is 1290. The molecule has 0 saturated carbocycles. The van der Waals surface area contributed by atoms with Crippen molar-refractivity contribution >= 4 is 50.1 Å². The average molecular weight is 475 g/mol. The lowest BCUT2D eigenvalue weighted by atomic mass is 9.90. The molecule has 11 heteroatoms. The fraction of sp³-hybridized carbons (Fsp3) is 0.333. The second-order valence-corrected chi connectivity index (χ2v) is 10.00. The third-order valence-electron chi connectivity index (χ3n) is 5.45. The number of thiazole rings is 1. The van der Waals surface area contributed by atoms with Crippen molar-refractivity contribution in [2.75, 3.05) is 25.5 Å². The molecule has 4 aromatic rings. The number of hydrogen-bond donors (Lipinski definition) is 1. The highest BCUT2D eigenvalue weighted by Crippen LogP contribution is 2.36. The first-order chi connectivity index (χ1) is 15.4.